The first-order valence-electron chi connectivity index (χ1n) is 11.4. The Morgan fingerprint density at radius 1 is 1.06 bits per heavy atom. The largest absolute Gasteiger partial charge is 0.493 e. The quantitative estimate of drug-likeness (QED) is 0.424. The SMILES string of the molecule is COc1ccc(-c2cc3n(C)c(C)c(CCC(=O)Nc4ccc5c(c4)OCO5)c(=O)n3n2)cc1OC. The average Bonchev–Trinajstić information content (AvgIpc) is 3.54. The van der Waals surface area contributed by atoms with Crippen molar-refractivity contribution in [3.05, 3.63) is 64.1 Å². The normalized spacial score (nSPS) is 12.1. The first-order chi connectivity index (χ1) is 17.4. The number of nitrogens with zero attached hydrogens (tertiary/aromatic N) is 3. The molecule has 0 saturated heterocycles. The molecule has 4 aromatic rings. The number of fused-ring (bicyclic) bond motifs is 2. The molecule has 0 unspecified atom stereocenters. The van der Waals surface area contributed by atoms with Crippen molar-refractivity contribution in [2.45, 2.75) is 19.8 Å². The van der Waals surface area contributed by atoms with Crippen LogP contribution in [0.4, 0.5) is 5.69 Å². The fourth-order valence-electron chi connectivity index (χ4n) is 4.28. The van der Waals surface area contributed by atoms with Crippen LogP contribution in [0.25, 0.3) is 16.9 Å². The molecule has 10 heteroatoms. The molecule has 0 fully saturated rings. The van der Waals surface area contributed by atoms with E-state index in [0.29, 0.717) is 45.6 Å². The Morgan fingerprint density at radius 3 is 2.61 bits per heavy atom. The highest BCUT2D eigenvalue weighted by atomic mass is 16.7. The summed E-state index contributed by atoms with van der Waals surface area (Å²) >= 11 is 0. The van der Waals surface area contributed by atoms with E-state index in [-0.39, 0.29) is 31.1 Å². The van der Waals surface area contributed by atoms with Gasteiger partial charge in [-0.3, -0.25) is 9.59 Å². The molecule has 3 heterocycles. The summed E-state index contributed by atoms with van der Waals surface area (Å²) < 4.78 is 24.6. The second-order valence-corrected chi connectivity index (χ2v) is 8.41. The third-order valence-electron chi connectivity index (χ3n) is 6.36. The fraction of sp³-hybridized carbons (Fsp3) is 0.269. The molecule has 0 saturated carbocycles. The van der Waals surface area contributed by atoms with E-state index in [1.807, 2.05) is 36.7 Å². The summed E-state index contributed by atoms with van der Waals surface area (Å²) in [4.78, 5) is 26.0. The maximum absolute atomic E-state index is 13.3. The van der Waals surface area contributed by atoms with Gasteiger partial charge in [0.25, 0.3) is 5.56 Å². The van der Waals surface area contributed by atoms with Crippen LogP contribution < -0.4 is 29.8 Å². The van der Waals surface area contributed by atoms with Crippen molar-refractivity contribution in [3.63, 3.8) is 0 Å². The molecule has 1 amide bonds. The van der Waals surface area contributed by atoms with Crippen LogP contribution in [0.1, 0.15) is 17.7 Å². The molecule has 0 radical (unpaired) electrons. The van der Waals surface area contributed by atoms with E-state index < -0.39 is 0 Å². The maximum Gasteiger partial charge on any atom is 0.277 e. The Kier molecular flexibility index (Phi) is 6.01. The topological polar surface area (TPSA) is 105 Å². The number of carbonyl (C=O) groups excluding carboxylic acids is 1. The molecule has 1 aliphatic rings. The number of amides is 1. The Labute approximate surface area is 207 Å². The van der Waals surface area contributed by atoms with Crippen LogP contribution in [-0.4, -0.2) is 41.1 Å². The molecule has 10 nitrogen and oxygen atoms in total. The molecule has 36 heavy (non-hydrogen) atoms. The van der Waals surface area contributed by atoms with Gasteiger partial charge in [0.15, 0.2) is 23.0 Å². The van der Waals surface area contributed by atoms with Gasteiger partial charge in [-0.05, 0) is 43.7 Å². The summed E-state index contributed by atoms with van der Waals surface area (Å²) in [5.74, 6) is 2.21. The standard InChI is InChI=1S/C26H26N4O6/c1-15-18(7-10-24(31)27-17-6-9-21-23(12-17)36-14-35-21)26(32)30-25(29(15)2)13-19(28-30)16-5-8-20(33-3)22(11-16)34-4/h5-6,8-9,11-13H,7,10,14H2,1-4H3,(H,27,31). The second kappa shape index (κ2) is 9.29. The molecular weight excluding hydrogens is 464 g/mol. The minimum Gasteiger partial charge on any atom is -0.493 e. The predicted octanol–water partition coefficient (Wildman–Crippen LogP) is 3.33. The van der Waals surface area contributed by atoms with E-state index in [2.05, 4.69) is 10.4 Å². The average molecular weight is 491 g/mol. The molecule has 1 N–H and O–H groups in total. The highest BCUT2D eigenvalue weighted by molar-refractivity contribution is 5.91. The van der Waals surface area contributed by atoms with Crippen molar-refractivity contribution < 1.29 is 23.7 Å². The van der Waals surface area contributed by atoms with E-state index in [0.717, 1.165) is 11.3 Å². The van der Waals surface area contributed by atoms with E-state index in [9.17, 15) is 9.59 Å². The van der Waals surface area contributed by atoms with Gasteiger partial charge in [-0.25, -0.2) is 0 Å². The van der Waals surface area contributed by atoms with E-state index >= 15 is 0 Å². The van der Waals surface area contributed by atoms with Crippen LogP contribution in [-0.2, 0) is 18.3 Å². The molecule has 5 rings (SSSR count). The summed E-state index contributed by atoms with van der Waals surface area (Å²) in [5.41, 5.74) is 3.74. The zero-order valence-electron chi connectivity index (χ0n) is 20.5. The number of nitrogens with one attached hydrogen (secondary N) is 1. The lowest BCUT2D eigenvalue weighted by Crippen LogP contribution is -2.26. The van der Waals surface area contributed by atoms with E-state index in [4.69, 9.17) is 18.9 Å². The van der Waals surface area contributed by atoms with Gasteiger partial charge in [-0.1, -0.05) is 0 Å². The van der Waals surface area contributed by atoms with Crippen molar-refractivity contribution in [2.75, 3.05) is 26.3 Å². The summed E-state index contributed by atoms with van der Waals surface area (Å²) in [5, 5.41) is 7.42. The molecule has 0 bridgehead atoms. The number of rotatable bonds is 7. The Bertz CT molecular complexity index is 1540. The second-order valence-electron chi connectivity index (χ2n) is 8.41. The molecule has 0 atom stereocenters. The summed E-state index contributed by atoms with van der Waals surface area (Å²) in [6, 6.07) is 12.6. The molecule has 0 spiro atoms. The number of anilines is 1. The van der Waals surface area contributed by atoms with Crippen molar-refractivity contribution in [3.8, 4) is 34.3 Å². The van der Waals surface area contributed by atoms with E-state index in [1.165, 1.54) is 4.52 Å². The van der Waals surface area contributed by atoms with E-state index in [1.54, 1.807) is 38.5 Å². The van der Waals surface area contributed by atoms with Crippen molar-refractivity contribution in [1.82, 2.24) is 14.2 Å². The lowest BCUT2D eigenvalue weighted by Gasteiger charge is -2.12. The fourth-order valence-corrected chi connectivity index (χ4v) is 4.28. The van der Waals surface area contributed by atoms with Crippen molar-refractivity contribution in [2.24, 2.45) is 7.05 Å². The van der Waals surface area contributed by atoms with Crippen LogP contribution in [0.3, 0.4) is 0 Å². The molecule has 0 aliphatic carbocycles. The zero-order chi connectivity index (χ0) is 25.4. The van der Waals surface area contributed by atoms with Crippen LogP contribution in [0, 0.1) is 6.92 Å². The van der Waals surface area contributed by atoms with Gasteiger partial charge in [-0.15, -0.1) is 0 Å². The first kappa shape index (κ1) is 23.3. The third-order valence-corrected chi connectivity index (χ3v) is 6.36. The molecular formula is C26H26N4O6. The predicted molar refractivity (Wildman–Crippen MR) is 133 cm³/mol. The Balaban J connectivity index is 1.39. The summed E-state index contributed by atoms with van der Waals surface area (Å²) in [6.45, 7) is 2.04. The number of aryl methyl sites for hydroxylation is 1. The maximum atomic E-state index is 13.3. The smallest absolute Gasteiger partial charge is 0.277 e. The highest BCUT2D eigenvalue weighted by Crippen LogP contribution is 2.34. The van der Waals surface area contributed by atoms with Gasteiger partial charge in [0.2, 0.25) is 12.7 Å². The lowest BCUT2D eigenvalue weighted by atomic mass is 10.1. The van der Waals surface area contributed by atoms with Gasteiger partial charge >= 0.3 is 0 Å². The van der Waals surface area contributed by atoms with Crippen LogP contribution in [0.15, 0.2) is 47.3 Å². The molecule has 1 aliphatic heterocycles. The number of ether oxygens (including phenoxy) is 4. The Morgan fingerprint density at radius 2 is 1.83 bits per heavy atom. The first-order valence-corrected chi connectivity index (χ1v) is 11.4. The number of hydrogen-bond acceptors (Lipinski definition) is 7. The van der Waals surface area contributed by atoms with Crippen LogP contribution in [0.5, 0.6) is 23.0 Å². The molecule has 186 valence electrons. The van der Waals surface area contributed by atoms with Gasteiger partial charge in [0, 0.05) is 48.1 Å². The van der Waals surface area contributed by atoms with Crippen molar-refractivity contribution >= 4 is 17.2 Å². The number of benzene rings is 2. The lowest BCUT2D eigenvalue weighted by molar-refractivity contribution is -0.116. The molecule has 2 aromatic heterocycles. The van der Waals surface area contributed by atoms with Gasteiger partial charge in [0.1, 0.15) is 5.65 Å². The van der Waals surface area contributed by atoms with Gasteiger partial charge in [0.05, 0.1) is 19.9 Å². The minimum absolute atomic E-state index is 0.139. The number of methoxy groups -OCH3 is 2. The number of carbonyl (C=O) groups is 1. The van der Waals surface area contributed by atoms with Crippen LogP contribution >= 0.6 is 0 Å². The summed E-state index contributed by atoms with van der Waals surface area (Å²) in [6.07, 6.45) is 0.413. The number of aromatic nitrogens is 3. The molecule has 2 aromatic carbocycles. The van der Waals surface area contributed by atoms with Crippen molar-refractivity contribution in [1.29, 1.82) is 0 Å². The van der Waals surface area contributed by atoms with Crippen LogP contribution in [0.2, 0.25) is 0 Å². The number of hydrogen-bond donors (Lipinski definition) is 1. The minimum atomic E-state index is -0.247. The third kappa shape index (κ3) is 4.10. The monoisotopic (exact) mass is 490 g/mol. The zero-order valence-corrected chi connectivity index (χ0v) is 20.5. The van der Waals surface area contributed by atoms with Gasteiger partial charge < -0.3 is 28.8 Å². The summed E-state index contributed by atoms with van der Waals surface area (Å²) in [7, 11) is 5.02. The van der Waals surface area contributed by atoms with Gasteiger partial charge in [-0.2, -0.15) is 9.61 Å². The highest BCUT2D eigenvalue weighted by Gasteiger charge is 2.18. The Hall–Kier alpha value is -4.47.